The van der Waals surface area contributed by atoms with Crippen LogP contribution in [0.15, 0.2) is 0 Å². The van der Waals surface area contributed by atoms with Gasteiger partial charge in [0.05, 0.1) is 6.10 Å². The molecule has 1 nitrogen and oxygen atoms in total. The van der Waals surface area contributed by atoms with E-state index in [0.29, 0.717) is 0 Å². The fraction of sp³-hybridized carbons (Fsp3) is 1.00. The number of hydrogen-bond donors (Lipinski definition) is 1. The summed E-state index contributed by atoms with van der Waals surface area (Å²) in [7, 11) is 0. The summed E-state index contributed by atoms with van der Waals surface area (Å²) in [6.45, 7) is 2.41. The highest BCUT2D eigenvalue weighted by molar-refractivity contribution is 4.79. The van der Waals surface area contributed by atoms with Crippen LogP contribution in [0.2, 0.25) is 0 Å². The van der Waals surface area contributed by atoms with Gasteiger partial charge in [0.1, 0.15) is 0 Å². The van der Waals surface area contributed by atoms with Gasteiger partial charge in [0, 0.05) is 0 Å². The Morgan fingerprint density at radius 1 is 0.688 bits per heavy atom. The minimum absolute atomic E-state index is 0.0184. The Morgan fingerprint density at radius 2 is 1.19 bits per heavy atom. The van der Waals surface area contributed by atoms with Gasteiger partial charge in [-0.3, -0.25) is 0 Å². The van der Waals surface area contributed by atoms with Crippen molar-refractivity contribution in [3.63, 3.8) is 0 Å². The van der Waals surface area contributed by atoms with Crippen LogP contribution in [0.4, 0.5) is 0 Å². The Labute approximate surface area is 101 Å². The molecule has 0 amide bonds. The highest BCUT2D eigenvalue weighted by Gasteiger charge is 2.27. The molecule has 1 N–H and O–H groups in total. The second kappa shape index (κ2) is 6.05. The Bertz CT molecular complexity index is 184. The van der Waals surface area contributed by atoms with Crippen LogP contribution in [0.3, 0.4) is 0 Å². The Morgan fingerprint density at radius 3 is 1.75 bits per heavy atom. The summed E-state index contributed by atoms with van der Waals surface area (Å²) < 4.78 is 0. The molecule has 0 atom stereocenters. The fourth-order valence-electron chi connectivity index (χ4n) is 3.79. The van der Waals surface area contributed by atoms with Gasteiger partial charge in [0.25, 0.3) is 0 Å². The minimum Gasteiger partial charge on any atom is -0.393 e. The minimum atomic E-state index is 0.0184. The van der Waals surface area contributed by atoms with Gasteiger partial charge in [0.2, 0.25) is 0 Å². The molecule has 0 bridgehead atoms. The maximum atomic E-state index is 9.56. The first-order valence-corrected chi connectivity index (χ1v) is 7.43. The molecule has 0 saturated heterocycles. The van der Waals surface area contributed by atoms with Gasteiger partial charge in [-0.05, 0) is 43.4 Å². The van der Waals surface area contributed by atoms with E-state index in [4.69, 9.17) is 0 Å². The molecule has 0 heterocycles. The Kier molecular flexibility index (Phi) is 4.69. The molecule has 2 aliphatic rings. The van der Waals surface area contributed by atoms with Crippen LogP contribution in [-0.4, -0.2) is 11.2 Å². The largest absolute Gasteiger partial charge is 0.393 e. The Balaban J connectivity index is 1.79. The molecule has 1 heteroatoms. The zero-order valence-corrected chi connectivity index (χ0v) is 10.8. The molecule has 94 valence electrons. The molecule has 0 aromatic heterocycles. The summed E-state index contributed by atoms with van der Waals surface area (Å²) in [4.78, 5) is 0. The molecule has 0 aliphatic heterocycles. The Hall–Kier alpha value is -0.0400. The van der Waals surface area contributed by atoms with Crippen molar-refractivity contribution < 1.29 is 5.11 Å². The molecule has 0 aromatic rings. The predicted molar refractivity (Wildman–Crippen MR) is 68.3 cm³/mol. The van der Waals surface area contributed by atoms with E-state index in [-0.39, 0.29) is 6.10 Å². The van der Waals surface area contributed by atoms with Gasteiger partial charge in [-0.15, -0.1) is 0 Å². The van der Waals surface area contributed by atoms with Crippen molar-refractivity contribution in [1.82, 2.24) is 0 Å². The van der Waals surface area contributed by atoms with Gasteiger partial charge in [0.15, 0.2) is 0 Å². The molecular weight excluding hydrogens is 196 g/mol. The lowest BCUT2D eigenvalue weighted by atomic mass is 9.73. The van der Waals surface area contributed by atoms with Crippen LogP contribution in [0, 0.1) is 17.8 Å². The molecule has 2 fully saturated rings. The summed E-state index contributed by atoms with van der Waals surface area (Å²) >= 11 is 0. The lowest BCUT2D eigenvalue weighted by molar-refractivity contribution is 0.0837. The normalized spacial score (nSPS) is 42.4. The molecular formula is C15H28O. The highest BCUT2D eigenvalue weighted by Crippen LogP contribution is 2.37. The lowest BCUT2D eigenvalue weighted by Crippen LogP contribution is -2.25. The van der Waals surface area contributed by atoms with Crippen molar-refractivity contribution in [1.29, 1.82) is 0 Å². The molecule has 2 rings (SSSR count). The molecule has 0 radical (unpaired) electrons. The summed E-state index contributed by atoms with van der Waals surface area (Å²) in [6, 6.07) is 0. The third-order valence-corrected chi connectivity index (χ3v) is 4.95. The van der Waals surface area contributed by atoms with Gasteiger partial charge in [-0.2, -0.15) is 0 Å². The topological polar surface area (TPSA) is 20.2 Å². The molecule has 0 spiro atoms. The average Bonchev–Trinajstić information content (AvgIpc) is 2.25. The van der Waals surface area contributed by atoms with E-state index in [0.717, 1.165) is 30.6 Å². The maximum Gasteiger partial charge on any atom is 0.0540 e. The maximum absolute atomic E-state index is 9.56. The second-order valence-electron chi connectivity index (χ2n) is 6.30. The van der Waals surface area contributed by atoms with Crippen molar-refractivity contribution in [2.24, 2.45) is 17.8 Å². The summed E-state index contributed by atoms with van der Waals surface area (Å²) in [5.74, 6) is 2.89. The molecule has 16 heavy (non-hydrogen) atoms. The summed E-state index contributed by atoms with van der Waals surface area (Å²) in [6.07, 6.45) is 13.5. The van der Waals surface area contributed by atoms with Crippen molar-refractivity contribution in [2.45, 2.75) is 77.2 Å². The summed E-state index contributed by atoms with van der Waals surface area (Å²) in [5, 5.41) is 9.56. The lowest BCUT2D eigenvalue weighted by Gasteiger charge is -2.34. The molecule has 2 aliphatic carbocycles. The van der Waals surface area contributed by atoms with Crippen LogP contribution in [0.25, 0.3) is 0 Å². The number of aliphatic hydroxyl groups excluding tert-OH is 1. The zero-order valence-electron chi connectivity index (χ0n) is 10.8. The van der Waals surface area contributed by atoms with Crippen LogP contribution in [0.5, 0.6) is 0 Å². The number of hydrogen-bond acceptors (Lipinski definition) is 1. The van der Waals surface area contributed by atoms with Crippen molar-refractivity contribution in [3.05, 3.63) is 0 Å². The number of rotatable bonds is 1. The van der Waals surface area contributed by atoms with Crippen LogP contribution >= 0.6 is 0 Å². The molecule has 2 saturated carbocycles. The first-order valence-electron chi connectivity index (χ1n) is 7.43. The monoisotopic (exact) mass is 224 g/mol. The standard InChI is InChI=1S/C15H28O/c1-12-4-2-6-13(7-3-5-12)14-8-10-15(16)11-9-14/h12-16H,2-11H2,1H3. The van der Waals surface area contributed by atoms with E-state index in [9.17, 15) is 5.11 Å². The molecule has 0 aromatic carbocycles. The average molecular weight is 224 g/mol. The van der Waals surface area contributed by atoms with Crippen LogP contribution in [-0.2, 0) is 0 Å². The SMILES string of the molecule is CC1CCCC(C2CCC(O)CC2)CCC1. The van der Waals surface area contributed by atoms with Gasteiger partial charge < -0.3 is 5.11 Å². The van der Waals surface area contributed by atoms with E-state index in [1.807, 2.05) is 0 Å². The van der Waals surface area contributed by atoms with Gasteiger partial charge in [-0.25, -0.2) is 0 Å². The van der Waals surface area contributed by atoms with E-state index in [1.165, 1.54) is 51.4 Å². The van der Waals surface area contributed by atoms with E-state index in [2.05, 4.69) is 6.92 Å². The van der Waals surface area contributed by atoms with E-state index < -0.39 is 0 Å². The zero-order chi connectivity index (χ0) is 11.4. The third kappa shape index (κ3) is 3.48. The quantitative estimate of drug-likeness (QED) is 0.709. The smallest absolute Gasteiger partial charge is 0.0540 e. The second-order valence-corrected chi connectivity index (χ2v) is 6.30. The highest BCUT2D eigenvalue weighted by atomic mass is 16.3. The summed E-state index contributed by atoms with van der Waals surface area (Å²) in [5.41, 5.74) is 0. The van der Waals surface area contributed by atoms with E-state index >= 15 is 0 Å². The third-order valence-electron chi connectivity index (χ3n) is 4.95. The first-order chi connectivity index (χ1) is 7.75. The van der Waals surface area contributed by atoms with Crippen molar-refractivity contribution in [2.75, 3.05) is 0 Å². The van der Waals surface area contributed by atoms with Gasteiger partial charge >= 0.3 is 0 Å². The van der Waals surface area contributed by atoms with Crippen LogP contribution < -0.4 is 0 Å². The molecule has 0 unspecified atom stereocenters. The van der Waals surface area contributed by atoms with Crippen LogP contribution in [0.1, 0.15) is 71.1 Å². The fourth-order valence-corrected chi connectivity index (χ4v) is 3.79. The van der Waals surface area contributed by atoms with E-state index in [1.54, 1.807) is 0 Å². The first kappa shape index (κ1) is 12.4. The number of aliphatic hydroxyl groups is 1. The van der Waals surface area contributed by atoms with Gasteiger partial charge in [-0.1, -0.05) is 45.4 Å². The predicted octanol–water partition coefficient (Wildman–Crippen LogP) is 4.14. The van der Waals surface area contributed by atoms with Crippen molar-refractivity contribution >= 4 is 0 Å². The van der Waals surface area contributed by atoms with Crippen molar-refractivity contribution in [3.8, 4) is 0 Å².